The van der Waals surface area contributed by atoms with Crippen LogP contribution in [0.5, 0.6) is 0 Å². The van der Waals surface area contributed by atoms with Gasteiger partial charge in [-0.25, -0.2) is 4.98 Å². The molecular weight excluding hydrogens is 212 g/mol. The van der Waals surface area contributed by atoms with Crippen LogP contribution in [0.3, 0.4) is 0 Å². The van der Waals surface area contributed by atoms with Gasteiger partial charge < -0.3 is 4.57 Å². The molecule has 0 aromatic carbocycles. The van der Waals surface area contributed by atoms with E-state index >= 15 is 0 Å². The molecule has 4 nitrogen and oxygen atoms in total. The van der Waals surface area contributed by atoms with Crippen LogP contribution in [0, 0.1) is 0 Å². The Morgan fingerprint density at radius 2 is 1.94 bits per heavy atom. The third-order valence-corrected chi connectivity index (χ3v) is 3.64. The molecule has 0 atom stereocenters. The van der Waals surface area contributed by atoms with Gasteiger partial charge in [-0.1, -0.05) is 0 Å². The van der Waals surface area contributed by atoms with Crippen molar-refractivity contribution in [1.29, 1.82) is 0 Å². The first kappa shape index (κ1) is 12.6. The molecule has 1 saturated heterocycles. The van der Waals surface area contributed by atoms with Gasteiger partial charge in [0.05, 0.1) is 6.54 Å². The smallest absolute Gasteiger partial charge is 0.122 e. The van der Waals surface area contributed by atoms with E-state index in [2.05, 4.69) is 46.3 Å². The Hall–Kier alpha value is -0.870. The van der Waals surface area contributed by atoms with Crippen molar-refractivity contribution in [1.82, 2.24) is 19.4 Å². The summed E-state index contributed by atoms with van der Waals surface area (Å²) in [5.41, 5.74) is 0. The van der Waals surface area contributed by atoms with E-state index in [-0.39, 0.29) is 0 Å². The number of imidazole rings is 1. The first-order chi connectivity index (χ1) is 8.20. The molecular formula is C13H24N4. The zero-order chi connectivity index (χ0) is 12.3. The predicted octanol–water partition coefficient (Wildman–Crippen LogP) is 1.43. The maximum absolute atomic E-state index is 4.44. The summed E-state index contributed by atoms with van der Waals surface area (Å²) in [5, 5.41) is 0. The molecule has 0 amide bonds. The van der Waals surface area contributed by atoms with Crippen molar-refractivity contribution in [2.24, 2.45) is 0 Å². The number of hydrogen-bond acceptors (Lipinski definition) is 3. The van der Waals surface area contributed by atoms with Gasteiger partial charge in [0.25, 0.3) is 0 Å². The van der Waals surface area contributed by atoms with E-state index in [1.54, 1.807) is 0 Å². The van der Waals surface area contributed by atoms with Gasteiger partial charge in [-0.3, -0.25) is 9.80 Å². The first-order valence-corrected chi connectivity index (χ1v) is 6.67. The summed E-state index contributed by atoms with van der Waals surface area (Å²) in [6.45, 7) is 13.4. The Morgan fingerprint density at radius 3 is 2.53 bits per heavy atom. The molecule has 17 heavy (non-hydrogen) atoms. The summed E-state index contributed by atoms with van der Waals surface area (Å²) in [6.07, 6.45) is 3.98. The lowest BCUT2D eigenvalue weighted by Crippen LogP contribution is -2.48. The summed E-state index contributed by atoms with van der Waals surface area (Å²) in [7, 11) is 0. The van der Waals surface area contributed by atoms with Crippen molar-refractivity contribution < 1.29 is 0 Å². The fourth-order valence-corrected chi connectivity index (χ4v) is 2.42. The summed E-state index contributed by atoms with van der Waals surface area (Å²) in [4.78, 5) is 9.49. The lowest BCUT2D eigenvalue weighted by atomic mass is 10.2. The largest absolute Gasteiger partial charge is 0.334 e. The van der Waals surface area contributed by atoms with E-state index in [1.807, 2.05) is 6.20 Å². The Kier molecular flexibility index (Phi) is 4.18. The van der Waals surface area contributed by atoms with E-state index in [0.717, 1.165) is 26.2 Å². The molecule has 1 aromatic rings. The van der Waals surface area contributed by atoms with Gasteiger partial charge in [0.2, 0.25) is 0 Å². The Morgan fingerprint density at radius 1 is 1.24 bits per heavy atom. The lowest BCUT2D eigenvalue weighted by molar-refractivity contribution is 0.101. The number of hydrogen-bond donors (Lipinski definition) is 0. The number of nitrogens with zero attached hydrogens (tertiary/aromatic N) is 4. The second-order valence-electron chi connectivity index (χ2n) is 5.04. The van der Waals surface area contributed by atoms with Crippen molar-refractivity contribution in [3.05, 3.63) is 18.2 Å². The fraction of sp³-hybridized carbons (Fsp3) is 0.769. The quantitative estimate of drug-likeness (QED) is 0.790. The number of piperazine rings is 1. The molecule has 1 aliphatic rings. The molecule has 96 valence electrons. The molecule has 0 unspecified atom stereocenters. The normalized spacial score (nSPS) is 19.1. The average molecular weight is 236 g/mol. The molecule has 0 aliphatic carbocycles. The van der Waals surface area contributed by atoms with Crippen molar-refractivity contribution in [2.75, 3.05) is 26.2 Å². The van der Waals surface area contributed by atoms with Gasteiger partial charge in [0.1, 0.15) is 5.82 Å². The van der Waals surface area contributed by atoms with Crippen LogP contribution in [-0.2, 0) is 13.1 Å². The minimum Gasteiger partial charge on any atom is -0.334 e. The maximum atomic E-state index is 4.44. The van der Waals surface area contributed by atoms with Crippen LogP contribution in [0.4, 0.5) is 0 Å². The molecule has 0 radical (unpaired) electrons. The van der Waals surface area contributed by atoms with E-state index in [0.29, 0.717) is 6.04 Å². The lowest BCUT2D eigenvalue weighted by Gasteiger charge is -2.36. The Bertz CT molecular complexity index is 337. The van der Waals surface area contributed by atoms with Gasteiger partial charge in [-0.2, -0.15) is 0 Å². The molecule has 0 spiro atoms. The standard InChI is InChI=1S/C13H24N4/c1-4-16-6-5-14-13(16)11-15-7-9-17(10-8-15)12(2)3/h5-6,12H,4,7-11H2,1-3H3. The summed E-state index contributed by atoms with van der Waals surface area (Å²) >= 11 is 0. The van der Waals surface area contributed by atoms with Gasteiger partial charge in [-0.05, 0) is 20.8 Å². The van der Waals surface area contributed by atoms with Crippen molar-refractivity contribution in [3.8, 4) is 0 Å². The summed E-state index contributed by atoms with van der Waals surface area (Å²) in [6, 6.07) is 0.676. The molecule has 1 aromatic heterocycles. The van der Waals surface area contributed by atoms with Crippen molar-refractivity contribution in [3.63, 3.8) is 0 Å². The zero-order valence-corrected chi connectivity index (χ0v) is 11.3. The van der Waals surface area contributed by atoms with Gasteiger partial charge >= 0.3 is 0 Å². The highest BCUT2D eigenvalue weighted by molar-refractivity contribution is 4.93. The molecule has 0 N–H and O–H groups in total. The number of aryl methyl sites for hydroxylation is 1. The van der Waals surface area contributed by atoms with Crippen LogP contribution in [0.2, 0.25) is 0 Å². The second-order valence-corrected chi connectivity index (χ2v) is 5.04. The topological polar surface area (TPSA) is 24.3 Å². The minimum atomic E-state index is 0.676. The molecule has 2 heterocycles. The highest BCUT2D eigenvalue weighted by Gasteiger charge is 2.19. The third-order valence-electron chi connectivity index (χ3n) is 3.64. The molecule has 4 heteroatoms. The maximum Gasteiger partial charge on any atom is 0.122 e. The van der Waals surface area contributed by atoms with Crippen LogP contribution in [-0.4, -0.2) is 51.6 Å². The van der Waals surface area contributed by atoms with E-state index in [4.69, 9.17) is 0 Å². The molecule has 2 rings (SSSR count). The average Bonchev–Trinajstić information content (AvgIpc) is 2.77. The molecule has 0 saturated carbocycles. The van der Waals surface area contributed by atoms with Crippen LogP contribution < -0.4 is 0 Å². The minimum absolute atomic E-state index is 0.676. The van der Waals surface area contributed by atoms with Crippen LogP contribution in [0.1, 0.15) is 26.6 Å². The predicted molar refractivity (Wildman–Crippen MR) is 69.9 cm³/mol. The van der Waals surface area contributed by atoms with E-state index in [9.17, 15) is 0 Å². The summed E-state index contributed by atoms with van der Waals surface area (Å²) in [5.74, 6) is 1.20. The second kappa shape index (κ2) is 5.65. The molecule has 0 bridgehead atoms. The fourth-order valence-electron chi connectivity index (χ4n) is 2.42. The highest BCUT2D eigenvalue weighted by atomic mass is 15.3. The Labute approximate surface area is 104 Å². The van der Waals surface area contributed by atoms with E-state index in [1.165, 1.54) is 18.9 Å². The summed E-state index contributed by atoms with van der Waals surface area (Å²) < 4.78 is 2.23. The molecule has 1 aliphatic heterocycles. The van der Waals surface area contributed by atoms with Crippen molar-refractivity contribution >= 4 is 0 Å². The van der Waals surface area contributed by atoms with Crippen LogP contribution in [0.15, 0.2) is 12.4 Å². The molecule has 1 fully saturated rings. The van der Waals surface area contributed by atoms with Gasteiger partial charge in [0, 0.05) is 51.2 Å². The van der Waals surface area contributed by atoms with Crippen LogP contribution in [0.25, 0.3) is 0 Å². The number of rotatable bonds is 4. The Balaban J connectivity index is 1.86. The SMILES string of the molecule is CCn1ccnc1CN1CCN(C(C)C)CC1. The van der Waals surface area contributed by atoms with Gasteiger partial charge in [-0.15, -0.1) is 0 Å². The van der Waals surface area contributed by atoms with Crippen LogP contribution >= 0.6 is 0 Å². The zero-order valence-electron chi connectivity index (χ0n) is 11.3. The number of aromatic nitrogens is 2. The van der Waals surface area contributed by atoms with E-state index < -0.39 is 0 Å². The monoisotopic (exact) mass is 236 g/mol. The van der Waals surface area contributed by atoms with Gasteiger partial charge in [0.15, 0.2) is 0 Å². The highest BCUT2D eigenvalue weighted by Crippen LogP contribution is 2.09. The first-order valence-electron chi connectivity index (χ1n) is 6.67. The third kappa shape index (κ3) is 3.07. The van der Waals surface area contributed by atoms with Crippen molar-refractivity contribution in [2.45, 2.75) is 39.9 Å².